The minimum atomic E-state index is -0.722. The highest BCUT2D eigenvalue weighted by atomic mass is 16.4. The van der Waals surface area contributed by atoms with E-state index in [1.807, 2.05) is 0 Å². The summed E-state index contributed by atoms with van der Waals surface area (Å²) in [6, 6.07) is 1.37. The van der Waals surface area contributed by atoms with E-state index in [2.05, 4.69) is 15.3 Å². The van der Waals surface area contributed by atoms with E-state index >= 15 is 0 Å². The van der Waals surface area contributed by atoms with Crippen LogP contribution in [0.3, 0.4) is 0 Å². The molecule has 98 valence electrons. The smallest absolute Gasteiger partial charge is 0.306 e. The molecule has 1 aliphatic carbocycles. The number of aliphatic carboxylic acids is 1. The van der Waals surface area contributed by atoms with Crippen molar-refractivity contribution in [2.45, 2.75) is 25.7 Å². The predicted octanol–water partition coefficient (Wildman–Crippen LogP) is 1.07. The summed E-state index contributed by atoms with van der Waals surface area (Å²) >= 11 is 0. The van der Waals surface area contributed by atoms with Gasteiger partial charge in [0.05, 0.1) is 12.2 Å². The zero-order valence-corrected chi connectivity index (χ0v) is 10.1. The monoisotopic (exact) mass is 251 g/mol. The molecule has 2 atom stereocenters. The van der Waals surface area contributed by atoms with Gasteiger partial charge in [0.25, 0.3) is 5.56 Å². The van der Waals surface area contributed by atoms with Gasteiger partial charge in [-0.2, -0.15) is 0 Å². The lowest BCUT2D eigenvalue weighted by molar-refractivity contribution is -0.144. The first kappa shape index (κ1) is 12.6. The molecule has 0 spiro atoms. The van der Waals surface area contributed by atoms with Crippen LogP contribution in [0.4, 0.5) is 5.82 Å². The molecule has 18 heavy (non-hydrogen) atoms. The van der Waals surface area contributed by atoms with E-state index in [1.165, 1.54) is 12.4 Å². The Morgan fingerprint density at radius 1 is 1.50 bits per heavy atom. The maximum atomic E-state index is 11.1. The number of aromatic nitrogens is 2. The first-order valence-electron chi connectivity index (χ1n) is 6.18. The fraction of sp³-hybridized carbons (Fsp3) is 0.583. The summed E-state index contributed by atoms with van der Waals surface area (Å²) in [6.07, 6.45) is 5.04. The lowest BCUT2D eigenvalue weighted by Gasteiger charge is -2.28. The van der Waals surface area contributed by atoms with Crippen molar-refractivity contribution in [3.8, 4) is 0 Å². The van der Waals surface area contributed by atoms with Crippen LogP contribution < -0.4 is 10.9 Å². The van der Waals surface area contributed by atoms with Crippen molar-refractivity contribution in [1.29, 1.82) is 0 Å². The van der Waals surface area contributed by atoms with E-state index in [0.29, 0.717) is 12.4 Å². The Balaban J connectivity index is 1.95. The fourth-order valence-electron chi connectivity index (χ4n) is 2.48. The number of aromatic amines is 1. The predicted molar refractivity (Wildman–Crippen MR) is 66.4 cm³/mol. The third-order valence-electron chi connectivity index (χ3n) is 3.45. The van der Waals surface area contributed by atoms with E-state index in [-0.39, 0.29) is 17.4 Å². The van der Waals surface area contributed by atoms with Gasteiger partial charge in [-0.3, -0.25) is 9.59 Å². The highest BCUT2D eigenvalue weighted by Gasteiger charge is 2.30. The van der Waals surface area contributed by atoms with Gasteiger partial charge in [-0.05, 0) is 18.8 Å². The van der Waals surface area contributed by atoms with Crippen molar-refractivity contribution in [3.63, 3.8) is 0 Å². The van der Waals surface area contributed by atoms with Gasteiger partial charge in [0.15, 0.2) is 0 Å². The number of anilines is 1. The minimum absolute atomic E-state index is 0.109. The summed E-state index contributed by atoms with van der Waals surface area (Å²) in [5, 5.41) is 12.2. The van der Waals surface area contributed by atoms with Gasteiger partial charge in [-0.1, -0.05) is 12.8 Å². The van der Waals surface area contributed by atoms with Gasteiger partial charge in [0.1, 0.15) is 5.82 Å². The van der Waals surface area contributed by atoms with Crippen LogP contribution in [-0.2, 0) is 4.79 Å². The number of carbonyl (C=O) groups is 1. The molecule has 1 heterocycles. The molecule has 2 rings (SSSR count). The Hall–Kier alpha value is -1.85. The van der Waals surface area contributed by atoms with E-state index in [9.17, 15) is 9.59 Å². The Kier molecular flexibility index (Phi) is 3.96. The molecule has 0 saturated heterocycles. The van der Waals surface area contributed by atoms with Crippen molar-refractivity contribution < 1.29 is 9.90 Å². The van der Waals surface area contributed by atoms with Crippen molar-refractivity contribution in [2.75, 3.05) is 11.9 Å². The number of rotatable bonds is 4. The summed E-state index contributed by atoms with van der Waals surface area (Å²) in [4.78, 5) is 28.6. The maximum absolute atomic E-state index is 11.1. The third kappa shape index (κ3) is 3.09. The molecule has 1 saturated carbocycles. The van der Waals surface area contributed by atoms with Crippen LogP contribution in [0.15, 0.2) is 17.2 Å². The summed E-state index contributed by atoms with van der Waals surface area (Å²) < 4.78 is 0. The van der Waals surface area contributed by atoms with Crippen LogP contribution in [0.1, 0.15) is 25.7 Å². The van der Waals surface area contributed by atoms with Crippen LogP contribution in [0.25, 0.3) is 0 Å². The van der Waals surface area contributed by atoms with Crippen molar-refractivity contribution in [2.24, 2.45) is 11.8 Å². The molecule has 0 radical (unpaired) electrons. The second-order valence-electron chi connectivity index (χ2n) is 4.67. The first-order chi connectivity index (χ1) is 8.66. The van der Waals surface area contributed by atoms with Crippen LogP contribution in [0, 0.1) is 11.8 Å². The second-order valence-corrected chi connectivity index (χ2v) is 4.67. The standard InChI is InChI=1S/C12H17N3O3/c16-11-5-10(14-7-15-11)13-6-8-3-1-2-4-9(8)12(17)18/h5,7-9H,1-4,6H2,(H,17,18)(H2,13,14,15,16). The van der Waals surface area contributed by atoms with E-state index < -0.39 is 5.97 Å². The number of carboxylic acids is 1. The Morgan fingerprint density at radius 3 is 3.00 bits per heavy atom. The minimum Gasteiger partial charge on any atom is -0.481 e. The summed E-state index contributed by atoms with van der Waals surface area (Å²) in [7, 11) is 0. The number of carboxylic acid groups (broad SMARTS) is 1. The number of nitrogens with one attached hydrogen (secondary N) is 2. The van der Waals surface area contributed by atoms with E-state index in [0.717, 1.165) is 25.7 Å². The van der Waals surface area contributed by atoms with Crippen molar-refractivity contribution in [1.82, 2.24) is 9.97 Å². The van der Waals surface area contributed by atoms with Crippen molar-refractivity contribution in [3.05, 3.63) is 22.7 Å². The maximum Gasteiger partial charge on any atom is 0.306 e. The Bertz CT molecular complexity index is 472. The van der Waals surface area contributed by atoms with E-state index in [1.54, 1.807) is 0 Å². The zero-order valence-electron chi connectivity index (χ0n) is 10.1. The van der Waals surface area contributed by atoms with Gasteiger partial charge < -0.3 is 15.4 Å². The second kappa shape index (κ2) is 5.66. The van der Waals surface area contributed by atoms with Gasteiger partial charge in [-0.25, -0.2) is 4.98 Å². The molecule has 0 bridgehead atoms. The van der Waals surface area contributed by atoms with Gasteiger partial charge in [-0.15, -0.1) is 0 Å². The fourth-order valence-corrected chi connectivity index (χ4v) is 2.48. The molecule has 6 nitrogen and oxygen atoms in total. The van der Waals surface area contributed by atoms with Crippen LogP contribution in [0.5, 0.6) is 0 Å². The zero-order chi connectivity index (χ0) is 13.0. The molecule has 6 heteroatoms. The Morgan fingerprint density at radius 2 is 2.28 bits per heavy atom. The van der Waals surface area contributed by atoms with Gasteiger partial charge in [0, 0.05) is 12.6 Å². The lowest BCUT2D eigenvalue weighted by atomic mass is 9.79. The summed E-state index contributed by atoms with van der Waals surface area (Å²) in [5.41, 5.74) is -0.217. The third-order valence-corrected chi connectivity index (χ3v) is 3.45. The van der Waals surface area contributed by atoms with Gasteiger partial charge >= 0.3 is 5.97 Å². The number of hydrogen-bond acceptors (Lipinski definition) is 4. The molecular formula is C12H17N3O3. The molecule has 1 fully saturated rings. The topological polar surface area (TPSA) is 95.1 Å². The van der Waals surface area contributed by atoms with Gasteiger partial charge in [0.2, 0.25) is 0 Å². The molecule has 1 aliphatic rings. The number of H-pyrrole nitrogens is 1. The lowest BCUT2D eigenvalue weighted by Crippen LogP contribution is -2.32. The highest BCUT2D eigenvalue weighted by Crippen LogP contribution is 2.30. The number of nitrogens with zero attached hydrogens (tertiary/aromatic N) is 1. The average molecular weight is 251 g/mol. The SMILES string of the molecule is O=C(O)C1CCCCC1CNc1cc(=O)[nH]cn1. The molecule has 0 aromatic carbocycles. The largest absolute Gasteiger partial charge is 0.481 e. The normalized spacial score (nSPS) is 23.6. The quantitative estimate of drug-likeness (QED) is 0.744. The molecule has 1 aromatic heterocycles. The molecule has 2 unspecified atom stereocenters. The molecule has 0 amide bonds. The van der Waals surface area contributed by atoms with Crippen LogP contribution in [-0.4, -0.2) is 27.6 Å². The molecule has 3 N–H and O–H groups in total. The summed E-state index contributed by atoms with van der Waals surface area (Å²) in [6.45, 7) is 0.549. The molecule has 0 aliphatic heterocycles. The van der Waals surface area contributed by atoms with E-state index in [4.69, 9.17) is 5.11 Å². The molecule has 1 aromatic rings. The molecular weight excluding hydrogens is 234 g/mol. The first-order valence-corrected chi connectivity index (χ1v) is 6.18. The highest BCUT2D eigenvalue weighted by molar-refractivity contribution is 5.70. The van der Waals surface area contributed by atoms with Crippen LogP contribution >= 0.6 is 0 Å². The Labute approximate surface area is 104 Å². The number of hydrogen-bond donors (Lipinski definition) is 3. The average Bonchev–Trinajstić information content (AvgIpc) is 2.37. The van der Waals surface area contributed by atoms with Crippen LogP contribution in [0.2, 0.25) is 0 Å². The summed E-state index contributed by atoms with van der Waals surface area (Å²) in [5.74, 6) is -0.403. The van der Waals surface area contributed by atoms with Crippen molar-refractivity contribution >= 4 is 11.8 Å².